The molecule has 5 atom stereocenters. The van der Waals surface area contributed by atoms with Gasteiger partial charge >= 0.3 is 6.09 Å². The van der Waals surface area contributed by atoms with Gasteiger partial charge in [-0.1, -0.05) is 51.7 Å². The Bertz CT molecular complexity index is 2040. The summed E-state index contributed by atoms with van der Waals surface area (Å²) in [5.41, 5.74) is 6.54. The first-order valence-electron chi connectivity index (χ1n) is 19.0. The molecular formula is C42H51N7O6. The normalized spacial score (nSPS) is 20.8. The number of methoxy groups -OCH3 is 1. The number of ether oxygens (including phenoxy) is 1. The van der Waals surface area contributed by atoms with Gasteiger partial charge in [-0.15, -0.1) is 0 Å². The highest BCUT2D eigenvalue weighted by Crippen LogP contribution is 2.37. The molecule has 3 aliphatic heterocycles. The summed E-state index contributed by atoms with van der Waals surface area (Å²) in [6, 6.07) is 12.5. The molecule has 13 heteroatoms. The number of rotatable bonds is 11. The Morgan fingerprint density at radius 2 is 1.71 bits per heavy atom. The van der Waals surface area contributed by atoms with E-state index in [9.17, 15) is 14.4 Å². The summed E-state index contributed by atoms with van der Waals surface area (Å²) in [6.45, 7) is 10.5. The topological polar surface area (TPSA) is 151 Å². The molecule has 0 unspecified atom stereocenters. The number of H-pyrrole nitrogens is 1. The second-order valence-corrected chi connectivity index (χ2v) is 15.1. The fraction of sp³-hybridized carbons (Fsp3) is 0.476. The number of allylic oxidation sites excluding steroid dienone is 1. The van der Waals surface area contributed by atoms with Gasteiger partial charge in [-0.05, 0) is 85.9 Å². The van der Waals surface area contributed by atoms with Crippen LogP contribution in [0.15, 0.2) is 58.6 Å². The molecule has 0 radical (unpaired) electrons. The Balaban J connectivity index is 1.10. The number of carbonyl (C=O) groups is 3. The number of hydrogen-bond acceptors (Lipinski definition) is 9. The average Bonchev–Trinajstić information content (AvgIpc) is 4.00. The lowest BCUT2D eigenvalue weighted by Gasteiger charge is -2.32. The number of carbonyl (C=O) groups excluding carboxylic acids is 3. The van der Waals surface area contributed by atoms with Gasteiger partial charge in [0, 0.05) is 42.0 Å². The van der Waals surface area contributed by atoms with Crippen LogP contribution >= 0.6 is 0 Å². The van der Waals surface area contributed by atoms with Crippen molar-refractivity contribution in [1.29, 1.82) is 0 Å². The molecule has 0 saturated carbocycles. The Labute approximate surface area is 322 Å². The lowest BCUT2D eigenvalue weighted by Crippen LogP contribution is -2.52. The van der Waals surface area contributed by atoms with E-state index in [0.717, 1.165) is 70.5 Å². The fourth-order valence-electron chi connectivity index (χ4n) is 7.69. The second kappa shape index (κ2) is 17.3. The predicted molar refractivity (Wildman–Crippen MR) is 211 cm³/mol. The van der Waals surface area contributed by atoms with Crippen LogP contribution in [0.2, 0.25) is 0 Å². The number of aromatic amines is 1. The third-order valence-corrected chi connectivity index (χ3v) is 10.7. The predicted octanol–water partition coefficient (Wildman–Crippen LogP) is 6.20. The first kappa shape index (κ1) is 39.2. The van der Waals surface area contributed by atoms with Gasteiger partial charge in [-0.2, -0.15) is 4.89 Å². The zero-order valence-electron chi connectivity index (χ0n) is 32.7. The smallest absolute Gasteiger partial charge is 0.407 e. The van der Waals surface area contributed by atoms with E-state index in [1.165, 1.54) is 20.6 Å². The van der Waals surface area contributed by atoms with Crippen LogP contribution in [0.3, 0.4) is 0 Å². The zero-order valence-corrected chi connectivity index (χ0v) is 32.7. The lowest BCUT2D eigenvalue weighted by molar-refractivity contribution is -0.188. The summed E-state index contributed by atoms with van der Waals surface area (Å²) in [5.74, 6) is 7.01. The highest BCUT2D eigenvalue weighted by Gasteiger charge is 2.41. The minimum Gasteiger partial charge on any atom is -0.453 e. The zero-order chi connectivity index (χ0) is 39.2. The van der Waals surface area contributed by atoms with E-state index in [-0.39, 0.29) is 41.8 Å². The number of nitrogens with zero attached hydrogens (tertiary/aromatic N) is 5. The molecule has 290 valence electrons. The van der Waals surface area contributed by atoms with Crippen molar-refractivity contribution in [3.63, 3.8) is 0 Å². The molecular weight excluding hydrogens is 699 g/mol. The van der Waals surface area contributed by atoms with Crippen molar-refractivity contribution in [1.82, 2.24) is 25.1 Å². The number of nitrogens with one attached hydrogen (secondary N) is 2. The Morgan fingerprint density at radius 1 is 0.964 bits per heavy atom. The van der Waals surface area contributed by atoms with E-state index >= 15 is 0 Å². The second-order valence-electron chi connectivity index (χ2n) is 15.1. The van der Waals surface area contributed by atoms with Crippen LogP contribution in [0.4, 0.5) is 4.79 Å². The summed E-state index contributed by atoms with van der Waals surface area (Å²) in [7, 11) is 2.69. The number of likely N-dealkylation sites (tertiary alicyclic amines) is 2. The van der Waals surface area contributed by atoms with Crippen molar-refractivity contribution in [2.45, 2.75) is 96.9 Å². The molecule has 1 aromatic heterocycles. The van der Waals surface area contributed by atoms with Crippen molar-refractivity contribution in [3.05, 3.63) is 71.2 Å². The molecule has 2 saturated heterocycles. The van der Waals surface area contributed by atoms with Crippen LogP contribution in [0.5, 0.6) is 0 Å². The van der Waals surface area contributed by atoms with Crippen molar-refractivity contribution < 1.29 is 28.9 Å². The summed E-state index contributed by atoms with van der Waals surface area (Å²) < 4.78 is 4.78. The molecule has 3 aromatic rings. The van der Waals surface area contributed by atoms with Crippen LogP contribution in [0.1, 0.15) is 95.3 Å². The highest BCUT2D eigenvalue weighted by atomic mass is 17.2. The molecule has 6 rings (SSSR count). The van der Waals surface area contributed by atoms with Crippen molar-refractivity contribution in [3.8, 4) is 11.8 Å². The van der Waals surface area contributed by atoms with Crippen molar-refractivity contribution >= 4 is 46.6 Å². The van der Waals surface area contributed by atoms with Gasteiger partial charge < -0.3 is 29.7 Å². The van der Waals surface area contributed by atoms with E-state index in [1.807, 2.05) is 81.0 Å². The maximum atomic E-state index is 13.8. The molecule has 2 N–H and O–H groups in total. The Hall–Kier alpha value is -5.48. The molecule has 0 bridgehead atoms. The maximum Gasteiger partial charge on any atom is 0.407 e. The number of aliphatic imine (C=N–C) groups is 2. The van der Waals surface area contributed by atoms with Crippen LogP contribution < -0.4 is 5.32 Å². The number of hydrogen-bond donors (Lipinski definition) is 2. The van der Waals surface area contributed by atoms with Gasteiger partial charge in [0.2, 0.25) is 18.2 Å². The number of alkyl carbamates (subject to hydrolysis) is 1. The molecule has 3 aliphatic rings. The van der Waals surface area contributed by atoms with Crippen LogP contribution in [-0.2, 0) is 24.1 Å². The number of aromatic nitrogens is 2. The average molecular weight is 750 g/mol. The molecule has 2 aromatic carbocycles. The van der Waals surface area contributed by atoms with Gasteiger partial charge in [0.15, 0.2) is 0 Å². The number of benzene rings is 2. The van der Waals surface area contributed by atoms with Gasteiger partial charge in [0.1, 0.15) is 17.9 Å². The molecule has 3 amide bonds. The summed E-state index contributed by atoms with van der Waals surface area (Å²) in [4.78, 5) is 69.9. The largest absolute Gasteiger partial charge is 0.453 e. The third-order valence-electron chi connectivity index (χ3n) is 10.7. The minimum absolute atomic E-state index is 0.00175. The standard InChI is InChI=1S/C42H51N7O6/c1-25(2)37(44-24-55-54-7)40(50)48-20-8-9-35(48)34-22-31(23-43-34)30-16-13-28(14-17-30)11-12-29-15-18-32-33(21-29)46-39(45-32)36-19-10-27(5)49(36)41(51)38(26(3)4)47-42(52)53-6/h13-18,21,23-27,35-38H,8-10,19-20,22H2,1-7H3,(H,45,46)(H,47,52)/t27-,35-,36-,37-,38-/m0/s1. The van der Waals surface area contributed by atoms with E-state index < -0.39 is 18.2 Å². The molecule has 55 heavy (non-hydrogen) atoms. The van der Waals surface area contributed by atoms with Gasteiger partial charge in [0.25, 0.3) is 0 Å². The fourth-order valence-corrected chi connectivity index (χ4v) is 7.69. The maximum absolute atomic E-state index is 13.8. The monoisotopic (exact) mass is 749 g/mol. The number of fused-ring (bicyclic) bond motifs is 1. The highest BCUT2D eigenvalue weighted by molar-refractivity contribution is 6.03. The quantitative estimate of drug-likeness (QED) is 0.0779. The van der Waals surface area contributed by atoms with Crippen LogP contribution in [0, 0.1) is 23.7 Å². The summed E-state index contributed by atoms with van der Waals surface area (Å²) in [6.07, 6.45) is 6.56. The third kappa shape index (κ3) is 8.75. The van der Waals surface area contributed by atoms with Gasteiger partial charge in [-0.3, -0.25) is 14.6 Å². The van der Waals surface area contributed by atoms with E-state index in [1.54, 1.807) is 0 Å². The van der Waals surface area contributed by atoms with Crippen molar-refractivity contribution in [2.75, 3.05) is 20.8 Å². The van der Waals surface area contributed by atoms with Crippen molar-refractivity contribution in [2.24, 2.45) is 21.8 Å². The van der Waals surface area contributed by atoms with E-state index in [0.29, 0.717) is 13.0 Å². The molecule has 2 fully saturated rings. The van der Waals surface area contributed by atoms with E-state index in [4.69, 9.17) is 19.6 Å². The van der Waals surface area contributed by atoms with Gasteiger partial charge in [-0.25, -0.2) is 14.8 Å². The first-order chi connectivity index (χ1) is 26.5. The molecule has 0 aliphatic carbocycles. The van der Waals surface area contributed by atoms with Crippen LogP contribution in [-0.4, -0.2) is 94.7 Å². The molecule has 13 nitrogen and oxygen atoms in total. The van der Waals surface area contributed by atoms with Crippen LogP contribution in [0.25, 0.3) is 16.6 Å². The Morgan fingerprint density at radius 3 is 2.42 bits per heavy atom. The number of imidazole rings is 1. The van der Waals surface area contributed by atoms with Gasteiger partial charge in [0.05, 0.1) is 37.3 Å². The minimum atomic E-state index is -0.705. The number of amides is 3. The Kier molecular flexibility index (Phi) is 12.4. The lowest BCUT2D eigenvalue weighted by atomic mass is 9.97. The first-order valence-corrected chi connectivity index (χ1v) is 19.0. The summed E-state index contributed by atoms with van der Waals surface area (Å²) >= 11 is 0. The SMILES string of the molecule is COOC=N[C@H](C(=O)N1CCC[C@H]1C1=NC=C(c2ccc(C#Cc3ccc4nc([C@@H]5CC[C@H](C)N5C(=O)[C@@H](NC(=O)OC)C(C)C)[nH]c4c3)cc2)C1)C(C)C. The molecule has 0 spiro atoms. The van der Waals surface area contributed by atoms with E-state index in [2.05, 4.69) is 44.2 Å². The molecule has 4 heterocycles. The summed E-state index contributed by atoms with van der Waals surface area (Å²) in [5, 5.41) is 2.72.